The monoisotopic (exact) mass is 286 g/mol. The second-order valence-corrected chi connectivity index (χ2v) is 7.46. The standard InChI is InChI=1S/C14H23O4P/c1-5-17-19(16,18-6-2)14(3,4)13(15)12-10-8-7-9-11-12/h7-11,13,15H,5-6H2,1-4H3. The van der Waals surface area contributed by atoms with E-state index in [1.165, 1.54) is 0 Å². The highest BCUT2D eigenvalue weighted by Crippen LogP contribution is 2.63. The zero-order valence-corrected chi connectivity index (χ0v) is 12.9. The normalized spacial score (nSPS) is 14.4. The van der Waals surface area contributed by atoms with E-state index in [2.05, 4.69) is 0 Å². The molecule has 0 aliphatic heterocycles. The molecule has 4 nitrogen and oxygen atoms in total. The highest BCUT2D eigenvalue weighted by Gasteiger charge is 2.48. The molecule has 0 heterocycles. The summed E-state index contributed by atoms with van der Waals surface area (Å²) >= 11 is 0. The SMILES string of the molecule is CCOP(=O)(OCC)C(C)(C)C(O)c1ccccc1. The molecule has 0 radical (unpaired) electrons. The molecule has 0 amide bonds. The Labute approximate surface area is 115 Å². The van der Waals surface area contributed by atoms with Gasteiger partial charge in [-0.3, -0.25) is 4.57 Å². The van der Waals surface area contributed by atoms with Crippen molar-refractivity contribution in [1.29, 1.82) is 0 Å². The maximum atomic E-state index is 12.8. The Balaban J connectivity index is 3.09. The van der Waals surface area contributed by atoms with Crippen LogP contribution in [0.25, 0.3) is 0 Å². The highest BCUT2D eigenvalue weighted by atomic mass is 31.2. The van der Waals surface area contributed by atoms with E-state index < -0.39 is 18.9 Å². The fourth-order valence-electron chi connectivity index (χ4n) is 1.90. The lowest BCUT2D eigenvalue weighted by molar-refractivity contribution is 0.106. The van der Waals surface area contributed by atoms with Crippen LogP contribution in [-0.4, -0.2) is 23.5 Å². The predicted octanol–water partition coefficient (Wildman–Crippen LogP) is 3.76. The second-order valence-electron chi connectivity index (χ2n) is 4.80. The zero-order valence-electron chi connectivity index (χ0n) is 12.0. The average molecular weight is 286 g/mol. The van der Waals surface area contributed by atoms with Crippen molar-refractivity contribution in [3.8, 4) is 0 Å². The first-order valence-electron chi connectivity index (χ1n) is 6.51. The minimum Gasteiger partial charge on any atom is -0.387 e. The summed E-state index contributed by atoms with van der Waals surface area (Å²) in [5.41, 5.74) is 0.701. The Kier molecular flexibility index (Phi) is 5.75. The van der Waals surface area contributed by atoms with Crippen molar-refractivity contribution in [1.82, 2.24) is 0 Å². The summed E-state index contributed by atoms with van der Waals surface area (Å²) in [5.74, 6) is 0. The third-order valence-corrected chi connectivity index (χ3v) is 5.94. The number of rotatable bonds is 7. The molecule has 1 N–H and O–H groups in total. The summed E-state index contributed by atoms with van der Waals surface area (Å²) in [7, 11) is -3.39. The third-order valence-electron chi connectivity index (χ3n) is 3.09. The molecule has 108 valence electrons. The molecule has 0 saturated carbocycles. The Hall–Kier alpha value is -0.670. The number of aliphatic hydroxyl groups is 1. The molecule has 1 aromatic rings. The van der Waals surface area contributed by atoms with Crippen LogP contribution in [0.2, 0.25) is 0 Å². The van der Waals surface area contributed by atoms with Crippen molar-refractivity contribution >= 4 is 7.60 Å². The molecule has 5 heteroatoms. The van der Waals surface area contributed by atoms with Gasteiger partial charge in [-0.1, -0.05) is 30.3 Å². The van der Waals surface area contributed by atoms with Gasteiger partial charge in [0.2, 0.25) is 0 Å². The summed E-state index contributed by atoms with van der Waals surface area (Å²) in [6, 6.07) is 9.14. The van der Waals surface area contributed by atoms with Gasteiger partial charge < -0.3 is 14.2 Å². The molecule has 1 aromatic carbocycles. The van der Waals surface area contributed by atoms with E-state index in [-0.39, 0.29) is 13.2 Å². The fourth-order valence-corrected chi connectivity index (χ4v) is 3.77. The lowest BCUT2D eigenvalue weighted by Gasteiger charge is -2.36. The van der Waals surface area contributed by atoms with Gasteiger partial charge in [0.1, 0.15) is 0 Å². The Morgan fingerprint density at radius 2 is 1.63 bits per heavy atom. The van der Waals surface area contributed by atoms with Crippen LogP contribution in [0, 0.1) is 0 Å². The van der Waals surface area contributed by atoms with Crippen LogP contribution in [0.15, 0.2) is 30.3 Å². The van der Waals surface area contributed by atoms with E-state index in [0.717, 1.165) is 0 Å². The highest BCUT2D eigenvalue weighted by molar-refractivity contribution is 7.55. The van der Waals surface area contributed by atoms with E-state index in [9.17, 15) is 9.67 Å². The van der Waals surface area contributed by atoms with E-state index in [0.29, 0.717) is 5.56 Å². The van der Waals surface area contributed by atoms with Gasteiger partial charge in [-0.2, -0.15) is 0 Å². The molecule has 19 heavy (non-hydrogen) atoms. The molecule has 0 fully saturated rings. The third kappa shape index (κ3) is 3.46. The van der Waals surface area contributed by atoms with E-state index in [1.807, 2.05) is 18.2 Å². The zero-order chi connectivity index (χ0) is 14.5. The van der Waals surface area contributed by atoms with Crippen molar-refractivity contribution in [2.45, 2.75) is 39.0 Å². The molecule has 1 atom stereocenters. The number of benzene rings is 1. The molecular weight excluding hydrogens is 263 g/mol. The summed E-state index contributed by atoms with van der Waals surface area (Å²) < 4.78 is 23.5. The average Bonchev–Trinajstić information content (AvgIpc) is 2.39. The van der Waals surface area contributed by atoms with Gasteiger partial charge in [0.15, 0.2) is 0 Å². The van der Waals surface area contributed by atoms with Crippen molar-refractivity contribution in [2.24, 2.45) is 0 Å². The predicted molar refractivity (Wildman–Crippen MR) is 76.3 cm³/mol. The first-order chi connectivity index (χ1) is 8.89. The van der Waals surface area contributed by atoms with Gasteiger partial charge in [-0.15, -0.1) is 0 Å². The van der Waals surface area contributed by atoms with Crippen LogP contribution in [-0.2, 0) is 13.6 Å². The Morgan fingerprint density at radius 3 is 2.05 bits per heavy atom. The fraction of sp³-hybridized carbons (Fsp3) is 0.571. The molecular formula is C14H23O4P. The van der Waals surface area contributed by atoms with Crippen LogP contribution in [0.5, 0.6) is 0 Å². The summed E-state index contributed by atoms with van der Waals surface area (Å²) in [4.78, 5) is 0. The summed E-state index contributed by atoms with van der Waals surface area (Å²) in [6.45, 7) is 7.49. The second kappa shape index (κ2) is 6.67. The van der Waals surface area contributed by atoms with Crippen LogP contribution >= 0.6 is 7.60 Å². The number of hydrogen-bond acceptors (Lipinski definition) is 4. The van der Waals surface area contributed by atoms with E-state index >= 15 is 0 Å². The first-order valence-corrected chi connectivity index (χ1v) is 8.05. The Bertz CT molecular complexity index is 420. The topological polar surface area (TPSA) is 55.8 Å². The molecule has 0 bridgehead atoms. The van der Waals surface area contributed by atoms with Crippen LogP contribution in [0.4, 0.5) is 0 Å². The largest absolute Gasteiger partial charge is 0.387 e. The number of hydrogen-bond donors (Lipinski definition) is 1. The van der Waals surface area contributed by atoms with Gasteiger partial charge >= 0.3 is 7.60 Å². The van der Waals surface area contributed by atoms with E-state index in [4.69, 9.17) is 9.05 Å². The molecule has 1 unspecified atom stereocenters. The van der Waals surface area contributed by atoms with Crippen molar-refractivity contribution in [3.05, 3.63) is 35.9 Å². The van der Waals surface area contributed by atoms with Gasteiger partial charge in [-0.25, -0.2) is 0 Å². The molecule has 0 aliphatic carbocycles. The Morgan fingerprint density at radius 1 is 1.16 bits per heavy atom. The minimum absolute atomic E-state index is 0.280. The van der Waals surface area contributed by atoms with Crippen molar-refractivity contribution < 1.29 is 18.7 Å². The van der Waals surface area contributed by atoms with Crippen LogP contribution in [0.3, 0.4) is 0 Å². The lowest BCUT2D eigenvalue weighted by Crippen LogP contribution is -2.31. The van der Waals surface area contributed by atoms with Gasteiger partial charge in [0.05, 0.1) is 24.5 Å². The van der Waals surface area contributed by atoms with Crippen molar-refractivity contribution in [3.63, 3.8) is 0 Å². The number of aliphatic hydroxyl groups excluding tert-OH is 1. The van der Waals surface area contributed by atoms with Crippen molar-refractivity contribution in [2.75, 3.05) is 13.2 Å². The summed E-state index contributed by atoms with van der Waals surface area (Å²) in [5, 5.41) is 9.49. The quantitative estimate of drug-likeness (QED) is 0.775. The van der Waals surface area contributed by atoms with Gasteiger partial charge in [-0.05, 0) is 33.3 Å². The van der Waals surface area contributed by atoms with Gasteiger partial charge in [0.25, 0.3) is 0 Å². The maximum Gasteiger partial charge on any atom is 0.339 e. The molecule has 0 spiro atoms. The molecule has 0 aliphatic rings. The molecule has 0 aromatic heterocycles. The smallest absolute Gasteiger partial charge is 0.339 e. The van der Waals surface area contributed by atoms with Crippen LogP contribution in [0.1, 0.15) is 39.4 Å². The van der Waals surface area contributed by atoms with E-state index in [1.54, 1.807) is 39.8 Å². The van der Waals surface area contributed by atoms with Gasteiger partial charge in [0, 0.05) is 0 Å². The first kappa shape index (κ1) is 16.4. The van der Waals surface area contributed by atoms with Crippen LogP contribution < -0.4 is 0 Å². The molecule has 1 rings (SSSR count). The minimum atomic E-state index is -3.39. The lowest BCUT2D eigenvalue weighted by atomic mass is 9.98. The molecule has 0 saturated heterocycles. The summed E-state index contributed by atoms with van der Waals surface area (Å²) in [6.07, 6.45) is -0.919. The maximum absolute atomic E-state index is 12.8.